The van der Waals surface area contributed by atoms with E-state index < -0.39 is 9.84 Å². The largest absolute Gasteiger partial charge is 0.317 e. The summed E-state index contributed by atoms with van der Waals surface area (Å²) in [6.45, 7) is 6.15. The van der Waals surface area contributed by atoms with Gasteiger partial charge in [-0.3, -0.25) is 9.20 Å². The number of hydrogen-bond acceptors (Lipinski definition) is 5. The Labute approximate surface area is 174 Å². The van der Waals surface area contributed by atoms with E-state index in [2.05, 4.69) is 4.98 Å². The van der Waals surface area contributed by atoms with E-state index in [1.54, 1.807) is 41.1 Å². The van der Waals surface area contributed by atoms with E-state index in [0.29, 0.717) is 24.3 Å². The van der Waals surface area contributed by atoms with Crippen LogP contribution in [0.3, 0.4) is 0 Å². The Kier molecular flexibility index (Phi) is 4.82. The summed E-state index contributed by atoms with van der Waals surface area (Å²) in [6.07, 6.45) is 2.33. The molecule has 0 amide bonds. The average Bonchev–Trinajstić information content (AvgIpc) is 2.71. The van der Waals surface area contributed by atoms with Gasteiger partial charge in [0.2, 0.25) is 21.3 Å². The molecule has 0 bridgehead atoms. The summed E-state index contributed by atoms with van der Waals surface area (Å²) in [5, 5.41) is 0.214. The van der Waals surface area contributed by atoms with E-state index in [0.717, 1.165) is 11.1 Å². The van der Waals surface area contributed by atoms with Gasteiger partial charge in [0, 0.05) is 11.8 Å². The second-order valence-electron chi connectivity index (χ2n) is 7.40. The third kappa shape index (κ3) is 3.04. The first kappa shape index (κ1) is 20.0. The Hall–Kier alpha value is -3.26. The molecule has 1 aromatic carbocycles. The summed E-state index contributed by atoms with van der Waals surface area (Å²) >= 11 is 0. The van der Waals surface area contributed by atoms with E-state index in [4.69, 9.17) is 5.73 Å². The van der Waals surface area contributed by atoms with Crippen LogP contribution in [0.2, 0.25) is 0 Å². The summed E-state index contributed by atoms with van der Waals surface area (Å²) in [7, 11) is -3.92. The predicted molar refractivity (Wildman–Crippen MR) is 115 cm³/mol. The molecule has 0 aliphatic rings. The van der Waals surface area contributed by atoms with Crippen molar-refractivity contribution >= 4 is 32.3 Å². The molecule has 3 heterocycles. The second-order valence-corrected chi connectivity index (χ2v) is 9.32. The number of fused-ring (bicyclic) bond motifs is 2. The van der Waals surface area contributed by atoms with E-state index >= 15 is 0 Å². The average molecular weight is 424 g/mol. The van der Waals surface area contributed by atoms with E-state index in [1.807, 2.05) is 26.8 Å². The van der Waals surface area contributed by atoms with Crippen LogP contribution in [-0.2, 0) is 16.4 Å². The summed E-state index contributed by atoms with van der Waals surface area (Å²) < 4.78 is 29.8. The zero-order valence-electron chi connectivity index (χ0n) is 17.1. The van der Waals surface area contributed by atoms with Crippen molar-refractivity contribution in [2.75, 3.05) is 5.73 Å². The molecule has 0 atom stereocenters. The third-order valence-electron chi connectivity index (χ3n) is 5.21. The van der Waals surface area contributed by atoms with Crippen LogP contribution in [0.15, 0.2) is 63.2 Å². The minimum Gasteiger partial charge on any atom is -0.317 e. The molecule has 8 heteroatoms. The lowest BCUT2D eigenvalue weighted by atomic mass is 10.2. The molecular formula is C22H23N4O3S+. The van der Waals surface area contributed by atoms with Crippen LogP contribution in [0, 0.1) is 13.8 Å². The fourth-order valence-corrected chi connectivity index (χ4v) is 5.00. The second kappa shape index (κ2) is 7.21. The highest BCUT2D eigenvalue weighted by Gasteiger charge is 2.29. The Morgan fingerprint density at radius 3 is 2.50 bits per heavy atom. The smallest absolute Gasteiger partial charge is 0.278 e. The summed E-state index contributed by atoms with van der Waals surface area (Å²) in [6, 6.07) is 11.6. The molecule has 0 spiro atoms. The standard InChI is InChI=1S/C22H22N4O3S/c1-4-11-25-19(23)18(30(28,29)16-9-7-14(2)8-10-16)13-17-21(25)24-20-15(3)6-5-12-26(20)22(17)27/h5-10,12-13,23H,4,11H2,1-3H3/p+1. The first-order chi connectivity index (χ1) is 14.3. The molecule has 2 N–H and O–H groups in total. The minimum atomic E-state index is -3.92. The van der Waals surface area contributed by atoms with Crippen LogP contribution >= 0.6 is 0 Å². The van der Waals surface area contributed by atoms with Crippen molar-refractivity contribution in [3.05, 3.63) is 70.1 Å². The van der Waals surface area contributed by atoms with Crippen LogP contribution in [0.25, 0.3) is 16.7 Å². The number of pyridine rings is 2. The van der Waals surface area contributed by atoms with Gasteiger partial charge in [-0.05, 0) is 44.5 Å². The number of benzene rings is 1. The van der Waals surface area contributed by atoms with E-state index in [-0.39, 0.29) is 26.6 Å². The molecule has 4 rings (SSSR count). The van der Waals surface area contributed by atoms with Crippen molar-refractivity contribution in [3.63, 3.8) is 0 Å². The normalized spacial score (nSPS) is 12.0. The van der Waals surface area contributed by atoms with Gasteiger partial charge in [0.25, 0.3) is 11.2 Å². The predicted octanol–water partition coefficient (Wildman–Crippen LogP) is 2.58. The van der Waals surface area contributed by atoms with Crippen molar-refractivity contribution < 1.29 is 13.0 Å². The SMILES string of the molecule is CCC[n+]1c(N)c(S(=O)(=O)c2ccc(C)cc2)cc2c(=O)n3cccc(C)c3nc21. The highest BCUT2D eigenvalue weighted by atomic mass is 32.2. The third-order valence-corrected chi connectivity index (χ3v) is 7.01. The Morgan fingerprint density at radius 2 is 1.83 bits per heavy atom. The molecule has 0 fully saturated rings. The van der Waals surface area contributed by atoms with E-state index in [1.165, 1.54) is 10.5 Å². The molecule has 0 unspecified atom stereocenters. The lowest BCUT2D eigenvalue weighted by Gasteiger charge is -2.12. The maximum Gasteiger partial charge on any atom is 0.278 e. The fourth-order valence-electron chi connectivity index (χ4n) is 3.59. The number of hydrogen-bond donors (Lipinski definition) is 1. The molecule has 0 aliphatic carbocycles. The highest BCUT2D eigenvalue weighted by Crippen LogP contribution is 2.26. The quantitative estimate of drug-likeness (QED) is 0.402. The molecule has 30 heavy (non-hydrogen) atoms. The maximum atomic E-state index is 13.4. The van der Waals surface area contributed by atoms with Crippen LogP contribution in [0.1, 0.15) is 24.5 Å². The van der Waals surface area contributed by atoms with Gasteiger partial charge in [0.15, 0.2) is 0 Å². The van der Waals surface area contributed by atoms with Crippen molar-refractivity contribution in [1.82, 2.24) is 9.38 Å². The number of aryl methyl sites for hydroxylation is 3. The van der Waals surface area contributed by atoms with Crippen molar-refractivity contribution in [2.24, 2.45) is 0 Å². The molecule has 7 nitrogen and oxygen atoms in total. The fraction of sp³-hybridized carbons (Fsp3) is 0.227. The van der Waals surface area contributed by atoms with Gasteiger partial charge in [-0.25, -0.2) is 13.0 Å². The molecule has 154 valence electrons. The number of nitrogens with zero attached hydrogens (tertiary/aromatic N) is 3. The van der Waals surface area contributed by atoms with Gasteiger partial charge in [0.1, 0.15) is 10.3 Å². The van der Waals surface area contributed by atoms with Gasteiger partial charge in [-0.15, -0.1) is 0 Å². The molecule has 0 aliphatic heterocycles. The maximum absolute atomic E-state index is 13.4. The molecule has 3 aromatic heterocycles. The summed E-state index contributed by atoms with van der Waals surface area (Å²) in [4.78, 5) is 18.0. The molecular weight excluding hydrogens is 400 g/mol. The van der Waals surface area contributed by atoms with Crippen molar-refractivity contribution in [1.29, 1.82) is 0 Å². The molecule has 0 saturated carbocycles. The lowest BCUT2D eigenvalue weighted by molar-refractivity contribution is -0.660. The van der Waals surface area contributed by atoms with E-state index in [9.17, 15) is 13.2 Å². The zero-order valence-corrected chi connectivity index (χ0v) is 17.9. The Bertz CT molecular complexity index is 1460. The van der Waals surface area contributed by atoms with Gasteiger partial charge in [0.05, 0.1) is 11.4 Å². The monoisotopic (exact) mass is 423 g/mol. The van der Waals surface area contributed by atoms with Crippen LogP contribution in [0.4, 0.5) is 5.82 Å². The molecule has 0 radical (unpaired) electrons. The van der Waals surface area contributed by atoms with Crippen LogP contribution < -0.4 is 15.9 Å². The number of sulfone groups is 1. The number of aromatic nitrogens is 3. The topological polar surface area (TPSA) is 98.4 Å². The van der Waals surface area contributed by atoms with Crippen molar-refractivity contribution in [3.8, 4) is 0 Å². The van der Waals surface area contributed by atoms with Gasteiger partial charge < -0.3 is 5.73 Å². The van der Waals surface area contributed by atoms with Gasteiger partial charge in [-0.1, -0.05) is 35.7 Å². The first-order valence-corrected chi connectivity index (χ1v) is 11.2. The van der Waals surface area contributed by atoms with Crippen LogP contribution in [-0.4, -0.2) is 17.8 Å². The molecule has 4 aromatic rings. The molecule has 0 saturated heterocycles. The number of nitrogen functional groups attached to an aromatic ring is 1. The van der Waals surface area contributed by atoms with Crippen molar-refractivity contribution in [2.45, 2.75) is 43.5 Å². The first-order valence-electron chi connectivity index (χ1n) is 9.71. The number of nitrogens with two attached hydrogens (primary N) is 1. The summed E-state index contributed by atoms with van der Waals surface area (Å²) in [5.41, 5.74) is 8.73. The van der Waals surface area contributed by atoms with Crippen LogP contribution in [0.5, 0.6) is 0 Å². The zero-order chi connectivity index (χ0) is 21.6. The van der Waals surface area contributed by atoms with Gasteiger partial charge in [-0.2, -0.15) is 0 Å². The summed E-state index contributed by atoms with van der Waals surface area (Å²) in [5.74, 6) is 0.0785. The Balaban J connectivity index is 2.13. The highest BCUT2D eigenvalue weighted by molar-refractivity contribution is 7.91. The Morgan fingerprint density at radius 1 is 1.13 bits per heavy atom. The lowest BCUT2D eigenvalue weighted by Crippen LogP contribution is -2.41. The number of rotatable bonds is 4. The van der Waals surface area contributed by atoms with Gasteiger partial charge >= 0.3 is 0 Å². The minimum absolute atomic E-state index is 0.0785. The number of anilines is 1.